The number of benzene rings is 2. The molecule has 19 heavy (non-hydrogen) atoms. The molecule has 0 bridgehead atoms. The van der Waals surface area contributed by atoms with Gasteiger partial charge in [-0.3, -0.25) is 0 Å². The van der Waals surface area contributed by atoms with Gasteiger partial charge in [0, 0.05) is 10.2 Å². The van der Waals surface area contributed by atoms with Crippen molar-refractivity contribution in [3.05, 3.63) is 63.9 Å². The van der Waals surface area contributed by atoms with E-state index in [2.05, 4.69) is 27.3 Å². The third-order valence-corrected chi connectivity index (χ3v) is 3.67. The van der Waals surface area contributed by atoms with Crippen LogP contribution in [0.4, 0.5) is 10.1 Å². The summed E-state index contributed by atoms with van der Waals surface area (Å²) >= 11 is 3.42. The van der Waals surface area contributed by atoms with Crippen molar-refractivity contribution in [1.29, 1.82) is 5.26 Å². The van der Waals surface area contributed by atoms with E-state index in [0.29, 0.717) is 5.69 Å². The van der Waals surface area contributed by atoms with Gasteiger partial charge in [0.05, 0.1) is 6.07 Å². The van der Waals surface area contributed by atoms with E-state index < -0.39 is 6.04 Å². The molecule has 0 saturated heterocycles. The van der Waals surface area contributed by atoms with E-state index in [0.717, 1.165) is 15.6 Å². The topological polar surface area (TPSA) is 35.8 Å². The lowest BCUT2D eigenvalue weighted by atomic mass is 10.1. The molecule has 4 heteroatoms. The van der Waals surface area contributed by atoms with Gasteiger partial charge in [-0.25, -0.2) is 4.39 Å². The summed E-state index contributed by atoms with van der Waals surface area (Å²) in [5.74, 6) is -0.325. The third kappa shape index (κ3) is 3.33. The Morgan fingerprint density at radius 3 is 2.68 bits per heavy atom. The van der Waals surface area contributed by atoms with Crippen molar-refractivity contribution in [3.63, 3.8) is 0 Å². The molecular formula is C15H12BrFN2. The second-order valence-electron chi connectivity index (χ2n) is 4.23. The van der Waals surface area contributed by atoms with Gasteiger partial charge >= 0.3 is 0 Å². The molecule has 2 nitrogen and oxygen atoms in total. The van der Waals surface area contributed by atoms with Crippen LogP contribution in [0.3, 0.4) is 0 Å². The fourth-order valence-electron chi connectivity index (χ4n) is 1.78. The highest BCUT2D eigenvalue weighted by molar-refractivity contribution is 9.10. The number of nitrogens with zero attached hydrogens (tertiary/aromatic N) is 1. The maximum Gasteiger partial charge on any atom is 0.140 e. The summed E-state index contributed by atoms with van der Waals surface area (Å²) in [6.45, 7) is 1.96. The summed E-state index contributed by atoms with van der Waals surface area (Å²) in [6, 6.07) is 13.5. The predicted molar refractivity (Wildman–Crippen MR) is 77.3 cm³/mol. The number of rotatable bonds is 3. The zero-order chi connectivity index (χ0) is 13.8. The van der Waals surface area contributed by atoms with Crippen molar-refractivity contribution in [2.75, 3.05) is 5.32 Å². The number of anilines is 1. The van der Waals surface area contributed by atoms with Crippen LogP contribution in [0.25, 0.3) is 0 Å². The Balaban J connectivity index is 2.25. The van der Waals surface area contributed by atoms with E-state index in [1.54, 1.807) is 12.1 Å². The quantitative estimate of drug-likeness (QED) is 0.899. The van der Waals surface area contributed by atoms with Gasteiger partial charge in [0.15, 0.2) is 0 Å². The molecule has 0 radical (unpaired) electrons. The first kappa shape index (κ1) is 13.6. The van der Waals surface area contributed by atoms with Crippen LogP contribution in [-0.4, -0.2) is 0 Å². The molecule has 1 N–H and O–H groups in total. The number of aryl methyl sites for hydroxylation is 1. The fraction of sp³-hybridized carbons (Fsp3) is 0.133. The highest BCUT2D eigenvalue weighted by Gasteiger charge is 2.11. The van der Waals surface area contributed by atoms with E-state index in [4.69, 9.17) is 0 Å². The first-order chi connectivity index (χ1) is 9.10. The van der Waals surface area contributed by atoms with Crippen LogP contribution in [0.15, 0.2) is 46.9 Å². The standard InChI is InChI=1S/C15H12BrFN2/c1-10-7-11(5-6-14(10)16)15(9-18)19-13-4-2-3-12(17)8-13/h2-8,15,19H,1H3. The van der Waals surface area contributed by atoms with Crippen LogP contribution in [0, 0.1) is 24.1 Å². The molecule has 0 aromatic heterocycles. The Kier molecular flexibility index (Phi) is 4.18. The Bertz CT molecular complexity index is 634. The molecule has 0 aliphatic carbocycles. The highest BCUT2D eigenvalue weighted by Crippen LogP contribution is 2.24. The van der Waals surface area contributed by atoms with Crippen molar-refractivity contribution in [2.45, 2.75) is 13.0 Å². The molecule has 0 spiro atoms. The third-order valence-electron chi connectivity index (χ3n) is 2.78. The second-order valence-corrected chi connectivity index (χ2v) is 5.08. The maximum absolute atomic E-state index is 13.1. The minimum atomic E-state index is -0.506. The Morgan fingerprint density at radius 2 is 2.05 bits per heavy atom. The van der Waals surface area contributed by atoms with E-state index in [9.17, 15) is 9.65 Å². The van der Waals surface area contributed by atoms with Crippen LogP contribution < -0.4 is 5.32 Å². The summed E-state index contributed by atoms with van der Waals surface area (Å²) in [4.78, 5) is 0. The molecule has 2 rings (SSSR count). The first-order valence-electron chi connectivity index (χ1n) is 5.78. The van der Waals surface area contributed by atoms with Crippen LogP contribution >= 0.6 is 15.9 Å². The van der Waals surface area contributed by atoms with Gasteiger partial charge < -0.3 is 5.32 Å². The monoisotopic (exact) mass is 318 g/mol. The van der Waals surface area contributed by atoms with E-state index >= 15 is 0 Å². The predicted octanol–water partition coefficient (Wildman–Crippen LogP) is 4.57. The van der Waals surface area contributed by atoms with Crippen LogP contribution in [0.2, 0.25) is 0 Å². The van der Waals surface area contributed by atoms with Gasteiger partial charge in [-0.1, -0.05) is 34.1 Å². The summed E-state index contributed by atoms with van der Waals surface area (Å²) < 4.78 is 14.1. The van der Waals surface area contributed by atoms with Crippen LogP contribution in [0.5, 0.6) is 0 Å². The normalized spacial score (nSPS) is 11.7. The molecule has 0 heterocycles. The van der Waals surface area contributed by atoms with E-state index in [1.165, 1.54) is 12.1 Å². The molecule has 0 aliphatic rings. The van der Waals surface area contributed by atoms with Gasteiger partial charge in [0.25, 0.3) is 0 Å². The molecule has 1 atom stereocenters. The molecule has 2 aromatic rings. The molecule has 1 unspecified atom stereocenters. The SMILES string of the molecule is Cc1cc(C(C#N)Nc2cccc(F)c2)ccc1Br. The minimum Gasteiger partial charge on any atom is -0.366 e. The van der Waals surface area contributed by atoms with Gasteiger partial charge in [-0.2, -0.15) is 5.26 Å². The number of hydrogen-bond acceptors (Lipinski definition) is 2. The average Bonchev–Trinajstić information content (AvgIpc) is 2.39. The summed E-state index contributed by atoms with van der Waals surface area (Å²) in [5.41, 5.74) is 2.50. The smallest absolute Gasteiger partial charge is 0.140 e. The number of halogens is 2. The number of nitriles is 1. The molecular weight excluding hydrogens is 307 g/mol. The summed E-state index contributed by atoms with van der Waals surface area (Å²) in [5, 5.41) is 12.3. The van der Waals surface area contributed by atoms with Crippen molar-refractivity contribution in [3.8, 4) is 6.07 Å². The number of nitrogens with one attached hydrogen (secondary N) is 1. The van der Waals surface area contributed by atoms with E-state index in [-0.39, 0.29) is 5.82 Å². The zero-order valence-electron chi connectivity index (χ0n) is 10.3. The summed E-state index contributed by atoms with van der Waals surface area (Å²) in [7, 11) is 0. The Hall–Kier alpha value is -1.86. The molecule has 0 aliphatic heterocycles. The number of hydrogen-bond donors (Lipinski definition) is 1. The minimum absolute atomic E-state index is 0.325. The van der Waals surface area contributed by atoms with Gasteiger partial charge in [-0.05, 0) is 42.3 Å². The first-order valence-corrected chi connectivity index (χ1v) is 6.57. The lowest BCUT2D eigenvalue weighted by Crippen LogP contribution is -2.08. The van der Waals surface area contributed by atoms with Crippen molar-refractivity contribution in [2.24, 2.45) is 0 Å². The van der Waals surface area contributed by atoms with Crippen molar-refractivity contribution >= 4 is 21.6 Å². The van der Waals surface area contributed by atoms with Crippen LogP contribution in [0.1, 0.15) is 17.2 Å². The molecule has 0 amide bonds. The maximum atomic E-state index is 13.1. The molecule has 0 saturated carbocycles. The second kappa shape index (κ2) is 5.85. The highest BCUT2D eigenvalue weighted by atomic mass is 79.9. The Morgan fingerprint density at radius 1 is 1.26 bits per heavy atom. The molecule has 96 valence electrons. The average molecular weight is 319 g/mol. The summed E-state index contributed by atoms with van der Waals surface area (Å²) in [6.07, 6.45) is 0. The van der Waals surface area contributed by atoms with Crippen molar-refractivity contribution < 1.29 is 4.39 Å². The Labute approximate surface area is 120 Å². The lowest BCUT2D eigenvalue weighted by molar-refractivity contribution is 0.628. The van der Waals surface area contributed by atoms with Crippen molar-refractivity contribution in [1.82, 2.24) is 0 Å². The fourth-order valence-corrected chi connectivity index (χ4v) is 2.03. The largest absolute Gasteiger partial charge is 0.366 e. The lowest BCUT2D eigenvalue weighted by Gasteiger charge is -2.14. The van der Waals surface area contributed by atoms with Gasteiger partial charge in [0.2, 0.25) is 0 Å². The van der Waals surface area contributed by atoms with Gasteiger partial charge in [-0.15, -0.1) is 0 Å². The van der Waals surface area contributed by atoms with Gasteiger partial charge in [0.1, 0.15) is 11.9 Å². The molecule has 2 aromatic carbocycles. The van der Waals surface area contributed by atoms with E-state index in [1.807, 2.05) is 25.1 Å². The molecule has 0 fully saturated rings. The van der Waals surface area contributed by atoms with Crippen LogP contribution in [-0.2, 0) is 0 Å². The zero-order valence-corrected chi connectivity index (χ0v) is 11.9.